The fraction of sp³-hybridized carbons (Fsp3) is 0.444. The summed E-state index contributed by atoms with van der Waals surface area (Å²) in [5, 5.41) is 9.42. The number of nitrogens with one attached hydrogen (secondary N) is 3. The highest BCUT2D eigenvalue weighted by atomic mass is 32.1. The summed E-state index contributed by atoms with van der Waals surface area (Å²) >= 11 is 5.44. The van der Waals surface area contributed by atoms with Crippen molar-refractivity contribution in [2.45, 2.75) is 51.5 Å². The molecule has 5 nitrogen and oxygen atoms in total. The zero-order valence-electron chi connectivity index (χ0n) is 19.0. The molecule has 6 rings (SSSR count). The van der Waals surface area contributed by atoms with Crippen molar-refractivity contribution in [1.29, 1.82) is 0 Å². The van der Waals surface area contributed by atoms with E-state index in [2.05, 4.69) is 16.0 Å². The maximum Gasteiger partial charge on any atom is 0.251 e. The minimum atomic E-state index is -0.224. The van der Waals surface area contributed by atoms with Crippen molar-refractivity contribution in [3.05, 3.63) is 65.7 Å². The average molecular weight is 462 g/mol. The van der Waals surface area contributed by atoms with Gasteiger partial charge in [0, 0.05) is 11.3 Å². The molecule has 0 aliphatic heterocycles. The van der Waals surface area contributed by atoms with Gasteiger partial charge in [0.25, 0.3) is 5.91 Å². The van der Waals surface area contributed by atoms with E-state index in [1.165, 1.54) is 19.3 Å². The molecule has 4 fully saturated rings. The molecule has 172 valence electrons. The van der Waals surface area contributed by atoms with E-state index in [0.717, 1.165) is 30.5 Å². The number of hydrogen-bond acceptors (Lipinski definition) is 3. The van der Waals surface area contributed by atoms with Crippen LogP contribution in [0.2, 0.25) is 0 Å². The quantitative estimate of drug-likeness (QED) is 0.535. The second-order valence-corrected chi connectivity index (χ2v) is 10.7. The van der Waals surface area contributed by atoms with Crippen LogP contribution in [0.4, 0.5) is 5.69 Å². The van der Waals surface area contributed by atoms with Crippen LogP contribution in [0.15, 0.2) is 54.6 Å². The smallest absolute Gasteiger partial charge is 0.251 e. The van der Waals surface area contributed by atoms with E-state index in [1.54, 1.807) is 12.1 Å². The first-order valence-electron chi connectivity index (χ1n) is 12.0. The Hall–Kier alpha value is -2.73. The SMILES string of the molecule is CC(NC(=O)c1ccc(NC(=S)NC(=O)C23CC4CC(CC(C4)C2)C3)cc1)c1ccccc1. The molecule has 2 aromatic carbocycles. The van der Waals surface area contributed by atoms with E-state index in [0.29, 0.717) is 28.4 Å². The Morgan fingerprint density at radius 2 is 1.48 bits per heavy atom. The molecule has 3 N–H and O–H groups in total. The summed E-state index contributed by atoms with van der Waals surface area (Å²) < 4.78 is 0. The summed E-state index contributed by atoms with van der Waals surface area (Å²) in [6.45, 7) is 1.97. The molecule has 6 heteroatoms. The topological polar surface area (TPSA) is 70.2 Å². The molecule has 1 atom stereocenters. The van der Waals surface area contributed by atoms with E-state index < -0.39 is 0 Å². The van der Waals surface area contributed by atoms with Gasteiger partial charge in [-0.15, -0.1) is 0 Å². The summed E-state index contributed by atoms with van der Waals surface area (Å²) in [6, 6.07) is 16.9. The molecule has 0 aromatic heterocycles. The third-order valence-corrected chi connectivity index (χ3v) is 8.00. The lowest BCUT2D eigenvalue weighted by Gasteiger charge is -2.55. The predicted octanol–water partition coefficient (Wildman–Crippen LogP) is 5.21. The fourth-order valence-electron chi connectivity index (χ4n) is 6.60. The second-order valence-electron chi connectivity index (χ2n) is 10.3. The van der Waals surface area contributed by atoms with Crippen LogP contribution in [-0.2, 0) is 4.79 Å². The van der Waals surface area contributed by atoms with Crippen molar-refractivity contribution < 1.29 is 9.59 Å². The summed E-state index contributed by atoms with van der Waals surface area (Å²) in [7, 11) is 0. The first-order valence-corrected chi connectivity index (χ1v) is 12.4. The maximum atomic E-state index is 13.2. The molecule has 2 aromatic rings. The van der Waals surface area contributed by atoms with Crippen LogP contribution in [0.3, 0.4) is 0 Å². The van der Waals surface area contributed by atoms with Crippen molar-refractivity contribution in [1.82, 2.24) is 10.6 Å². The van der Waals surface area contributed by atoms with Crippen molar-refractivity contribution >= 4 is 34.8 Å². The third-order valence-electron chi connectivity index (χ3n) is 7.80. The number of carbonyl (C=O) groups is 2. The molecule has 0 radical (unpaired) electrons. The number of rotatable bonds is 5. The highest BCUT2D eigenvalue weighted by Gasteiger charge is 2.54. The Bertz CT molecular complexity index is 1020. The Labute approximate surface area is 200 Å². The zero-order chi connectivity index (χ0) is 23.0. The number of thiocarbonyl (C=S) groups is 1. The van der Waals surface area contributed by atoms with E-state index in [9.17, 15) is 9.59 Å². The molecular weight excluding hydrogens is 430 g/mol. The summed E-state index contributed by atoms with van der Waals surface area (Å²) in [5.74, 6) is 2.10. The number of benzene rings is 2. The van der Waals surface area contributed by atoms with Gasteiger partial charge in [0.2, 0.25) is 5.91 Å². The van der Waals surface area contributed by atoms with Crippen molar-refractivity contribution in [3.8, 4) is 0 Å². The molecule has 33 heavy (non-hydrogen) atoms. The van der Waals surface area contributed by atoms with Gasteiger partial charge in [-0.2, -0.15) is 0 Å². The first kappa shape index (κ1) is 22.1. The van der Waals surface area contributed by atoms with Gasteiger partial charge in [-0.05, 0) is 105 Å². The minimum Gasteiger partial charge on any atom is -0.346 e. The normalized spacial score (nSPS) is 28.1. The zero-order valence-corrected chi connectivity index (χ0v) is 19.8. The van der Waals surface area contributed by atoms with Crippen LogP contribution in [0.25, 0.3) is 0 Å². The van der Waals surface area contributed by atoms with E-state index in [1.807, 2.05) is 49.4 Å². The van der Waals surface area contributed by atoms with Crippen LogP contribution in [0.5, 0.6) is 0 Å². The van der Waals surface area contributed by atoms with E-state index >= 15 is 0 Å². The largest absolute Gasteiger partial charge is 0.346 e. The molecule has 0 saturated heterocycles. The van der Waals surface area contributed by atoms with Gasteiger partial charge in [0.1, 0.15) is 0 Å². The van der Waals surface area contributed by atoms with Gasteiger partial charge in [-0.3, -0.25) is 9.59 Å². The van der Waals surface area contributed by atoms with Gasteiger partial charge in [0.05, 0.1) is 11.5 Å². The number of anilines is 1. The highest BCUT2D eigenvalue weighted by molar-refractivity contribution is 7.80. The maximum absolute atomic E-state index is 13.2. The van der Waals surface area contributed by atoms with Gasteiger partial charge >= 0.3 is 0 Å². The molecule has 0 spiro atoms. The Morgan fingerprint density at radius 3 is 2.06 bits per heavy atom. The Morgan fingerprint density at radius 1 is 0.909 bits per heavy atom. The van der Waals surface area contributed by atoms with Crippen molar-refractivity contribution in [2.75, 3.05) is 5.32 Å². The lowest BCUT2D eigenvalue weighted by atomic mass is 9.49. The van der Waals surface area contributed by atoms with Gasteiger partial charge < -0.3 is 16.0 Å². The van der Waals surface area contributed by atoms with Crippen molar-refractivity contribution in [3.63, 3.8) is 0 Å². The number of carbonyl (C=O) groups excluding carboxylic acids is 2. The third kappa shape index (κ3) is 4.67. The molecule has 4 aliphatic rings. The van der Waals surface area contributed by atoms with Gasteiger partial charge in [0.15, 0.2) is 5.11 Å². The second kappa shape index (κ2) is 8.90. The molecule has 0 heterocycles. The molecular formula is C27H31N3O2S. The lowest BCUT2D eigenvalue weighted by Crippen LogP contribution is -2.55. The minimum absolute atomic E-state index is 0.0797. The van der Waals surface area contributed by atoms with Crippen LogP contribution in [-0.4, -0.2) is 16.9 Å². The molecule has 4 aliphatic carbocycles. The molecule has 4 saturated carbocycles. The van der Waals surface area contributed by atoms with Crippen LogP contribution >= 0.6 is 12.2 Å². The van der Waals surface area contributed by atoms with E-state index in [-0.39, 0.29) is 23.3 Å². The monoisotopic (exact) mass is 461 g/mol. The first-order chi connectivity index (χ1) is 15.9. The molecule has 1 unspecified atom stereocenters. The van der Waals surface area contributed by atoms with Crippen LogP contribution in [0, 0.1) is 23.2 Å². The Kier molecular flexibility index (Phi) is 5.95. The number of hydrogen-bond donors (Lipinski definition) is 3. The predicted molar refractivity (Wildman–Crippen MR) is 134 cm³/mol. The molecule has 2 amide bonds. The standard InChI is InChI=1S/C27H31N3O2S/c1-17(21-5-3-2-4-6-21)28-24(31)22-7-9-23(10-8-22)29-26(33)30-25(32)27-14-18-11-19(15-27)13-20(12-18)16-27/h2-10,17-20H,11-16H2,1H3,(H,28,31)(H2,29,30,32,33). The summed E-state index contributed by atoms with van der Waals surface area (Å²) in [4.78, 5) is 25.8. The molecule has 4 bridgehead atoms. The van der Waals surface area contributed by atoms with Gasteiger partial charge in [-0.1, -0.05) is 30.3 Å². The highest BCUT2D eigenvalue weighted by Crippen LogP contribution is 2.60. The number of amides is 2. The van der Waals surface area contributed by atoms with E-state index in [4.69, 9.17) is 12.2 Å². The fourth-order valence-corrected chi connectivity index (χ4v) is 6.81. The summed E-state index contributed by atoms with van der Waals surface area (Å²) in [6.07, 6.45) is 6.95. The Balaban J connectivity index is 1.15. The van der Waals surface area contributed by atoms with Crippen molar-refractivity contribution in [2.24, 2.45) is 23.2 Å². The van der Waals surface area contributed by atoms with Crippen LogP contribution in [0.1, 0.15) is 67.4 Å². The van der Waals surface area contributed by atoms with Gasteiger partial charge in [-0.25, -0.2) is 0 Å². The lowest BCUT2D eigenvalue weighted by molar-refractivity contribution is -0.144. The average Bonchev–Trinajstić information content (AvgIpc) is 2.79. The van der Waals surface area contributed by atoms with Crippen LogP contribution < -0.4 is 16.0 Å². The summed E-state index contributed by atoms with van der Waals surface area (Å²) in [5.41, 5.74) is 2.16.